The fourth-order valence-corrected chi connectivity index (χ4v) is 0. The van der Waals surface area contributed by atoms with Gasteiger partial charge in [0.05, 0.1) is 24.6 Å². The second-order valence-corrected chi connectivity index (χ2v) is 1.10. The minimum Gasteiger partial charge on any atom is -0.750 e. The Morgan fingerprint density at radius 2 is 1.44 bits per heavy atom. The van der Waals surface area contributed by atoms with E-state index in [4.69, 9.17) is 23.5 Å². The van der Waals surface area contributed by atoms with Gasteiger partial charge in [0.2, 0.25) is 0 Å². The summed E-state index contributed by atoms with van der Waals surface area (Å²) in [7, 11) is 0. The zero-order valence-corrected chi connectivity index (χ0v) is 7.80. The molecule has 0 aliphatic heterocycles. The summed E-state index contributed by atoms with van der Waals surface area (Å²) < 4.78 is 24.1. The summed E-state index contributed by atoms with van der Waals surface area (Å²) in [6.45, 7) is -0.250. The van der Waals surface area contributed by atoms with Gasteiger partial charge in [0.25, 0.3) is 0 Å². The molecule has 5 nitrogen and oxygen atoms in total. The minimum absolute atomic E-state index is 0. The molecule has 0 aromatic carbocycles. The average molecular weight is 166 g/mol. The van der Waals surface area contributed by atoms with Crippen molar-refractivity contribution in [3.05, 3.63) is 0 Å². The molecule has 0 fully saturated rings. The molecule has 1 atom stereocenters. The van der Waals surface area contributed by atoms with Crippen LogP contribution in [0.5, 0.6) is 0 Å². The van der Waals surface area contributed by atoms with E-state index in [0.29, 0.717) is 0 Å². The van der Waals surface area contributed by atoms with Gasteiger partial charge in [-0.1, -0.05) is 0 Å². The second-order valence-electron chi connectivity index (χ2n) is 0.664. The summed E-state index contributed by atoms with van der Waals surface area (Å²) in [5.74, 6) is 0. The molecule has 7 heteroatoms. The Labute approximate surface area is 77.5 Å². The predicted molar refractivity (Wildman–Crippen MR) is 25.7 cm³/mol. The quantitative estimate of drug-likeness (QED) is 0.268. The molecule has 0 saturated carbocycles. The maximum atomic E-state index is 8.56. The summed E-state index contributed by atoms with van der Waals surface area (Å²) in [4.78, 5) is 0. The molecule has 52 valence electrons. The number of aliphatic hydroxyl groups excluding tert-OH is 2. The van der Waals surface area contributed by atoms with E-state index < -0.39 is 11.4 Å². The van der Waals surface area contributed by atoms with Crippen LogP contribution in [0.25, 0.3) is 0 Å². The molecule has 0 rings (SSSR count). The molecule has 0 aromatic heterocycles. The Kier molecular flexibility index (Phi) is 29.4. The van der Waals surface area contributed by atoms with Crippen LogP contribution in [0.15, 0.2) is 0 Å². The predicted octanol–water partition coefficient (Wildman–Crippen LogP) is -4.69. The van der Waals surface area contributed by atoms with E-state index >= 15 is 0 Å². The van der Waals surface area contributed by atoms with Crippen molar-refractivity contribution in [3.63, 3.8) is 0 Å². The van der Waals surface area contributed by atoms with Gasteiger partial charge in [-0.2, -0.15) is 0 Å². The number of hydrogen-bond acceptors (Lipinski definition) is 4. The van der Waals surface area contributed by atoms with Crippen LogP contribution in [-0.4, -0.2) is 36.7 Å². The van der Waals surface area contributed by atoms with Gasteiger partial charge in [-0.15, -0.1) is 0 Å². The molecule has 0 heterocycles. The third-order valence-electron chi connectivity index (χ3n) is 0.1000. The van der Waals surface area contributed by atoms with Gasteiger partial charge >= 0.3 is 29.6 Å². The van der Waals surface area contributed by atoms with Gasteiger partial charge in [-0.3, -0.25) is 0 Å². The molecule has 0 radical (unpaired) electrons. The number of aliphatic hydroxyl groups is 2. The summed E-state index contributed by atoms with van der Waals surface area (Å²) in [5.41, 5.74) is 0. The van der Waals surface area contributed by atoms with Crippen LogP contribution >= 0.6 is 0 Å². The summed E-state index contributed by atoms with van der Waals surface area (Å²) in [5, 5.41) is 15.2. The third-order valence-corrected chi connectivity index (χ3v) is 0.1000. The van der Waals surface area contributed by atoms with E-state index in [1.54, 1.807) is 0 Å². The first-order valence-corrected chi connectivity index (χ1v) is 2.68. The van der Waals surface area contributed by atoms with Crippen molar-refractivity contribution >= 4 is 11.4 Å². The van der Waals surface area contributed by atoms with Crippen LogP contribution in [-0.2, 0) is 11.4 Å². The molecule has 0 aliphatic rings. The van der Waals surface area contributed by atoms with E-state index in [2.05, 4.69) is 0 Å². The molecule has 9 heavy (non-hydrogen) atoms. The first-order chi connectivity index (χ1) is 3.65. The maximum absolute atomic E-state index is 8.56. The number of rotatable bonds is 1. The monoisotopic (exact) mass is 166 g/mol. The smallest absolute Gasteiger partial charge is 0.750 e. The van der Waals surface area contributed by atoms with E-state index in [9.17, 15) is 0 Å². The van der Waals surface area contributed by atoms with Crippen LogP contribution in [0.4, 0.5) is 0 Å². The largest absolute Gasteiger partial charge is 1.00 e. The van der Waals surface area contributed by atoms with Gasteiger partial charge in [0, 0.05) is 0 Å². The Hall–Kier alpha value is 0.990. The minimum atomic E-state index is -2.86. The van der Waals surface area contributed by atoms with E-state index in [-0.39, 0.29) is 42.8 Å². The van der Waals surface area contributed by atoms with Crippen molar-refractivity contribution in [2.45, 2.75) is 0 Å². The first kappa shape index (κ1) is 16.5. The summed E-state index contributed by atoms with van der Waals surface area (Å²) in [6, 6.07) is 0. The Morgan fingerprint density at radius 3 is 1.44 bits per heavy atom. The van der Waals surface area contributed by atoms with Gasteiger partial charge in [0.15, 0.2) is 0 Å². The van der Waals surface area contributed by atoms with E-state index in [1.165, 1.54) is 0 Å². The van der Waals surface area contributed by atoms with Crippen LogP contribution in [0.2, 0.25) is 0 Å². The zero-order chi connectivity index (χ0) is 6.99. The normalized spacial score (nSPS) is 10.2. The molecule has 3 N–H and O–H groups in total. The van der Waals surface area contributed by atoms with Crippen molar-refractivity contribution < 1.29 is 53.1 Å². The fraction of sp³-hybridized carbons (Fsp3) is 1.00. The molecular weight excluding hydrogens is 159 g/mol. The molecule has 0 bridgehead atoms. The molecule has 0 amide bonds. The second kappa shape index (κ2) is 16.0. The molecule has 0 aromatic rings. The average Bonchev–Trinajstić information content (AvgIpc) is 1.65. The van der Waals surface area contributed by atoms with Crippen LogP contribution < -0.4 is 29.6 Å². The van der Waals surface area contributed by atoms with Gasteiger partial charge in [0.1, 0.15) is 0 Å². The molecule has 0 saturated heterocycles. The van der Waals surface area contributed by atoms with Crippen molar-refractivity contribution in [2.24, 2.45) is 0 Å². The van der Waals surface area contributed by atoms with Crippen molar-refractivity contribution in [3.8, 4) is 0 Å². The number of hydrogen-bond donors (Lipinski definition) is 3. The third kappa shape index (κ3) is 111. The van der Waals surface area contributed by atoms with Gasteiger partial charge in [-0.05, 0) is 0 Å². The van der Waals surface area contributed by atoms with Crippen LogP contribution in [0.1, 0.15) is 0 Å². The Morgan fingerprint density at radius 1 is 1.33 bits per heavy atom. The van der Waals surface area contributed by atoms with Crippen molar-refractivity contribution in [2.75, 3.05) is 13.2 Å². The van der Waals surface area contributed by atoms with Crippen LogP contribution in [0, 0.1) is 0 Å². The topological polar surface area (TPSA) is 101 Å². The maximum Gasteiger partial charge on any atom is 1.00 e. The van der Waals surface area contributed by atoms with Crippen molar-refractivity contribution in [1.82, 2.24) is 0 Å². The van der Waals surface area contributed by atoms with E-state index in [0.717, 1.165) is 0 Å². The summed E-state index contributed by atoms with van der Waals surface area (Å²) >= 11 is -2.86. The molecule has 0 aliphatic carbocycles. The Balaban J connectivity index is -0.0000000720. The Bertz CT molecular complexity index is 52.9. The summed E-state index contributed by atoms with van der Waals surface area (Å²) in [6.07, 6.45) is 0. The van der Waals surface area contributed by atoms with Crippen molar-refractivity contribution in [1.29, 1.82) is 0 Å². The first-order valence-electron chi connectivity index (χ1n) is 1.65. The zero-order valence-electron chi connectivity index (χ0n) is 4.98. The molecule has 0 spiro atoms. The SMILES string of the molecule is O=S([O-])O.OCCO.[Na+]. The molecular formula is C2H7NaO5S. The van der Waals surface area contributed by atoms with Gasteiger partial charge in [-0.25, -0.2) is 4.21 Å². The van der Waals surface area contributed by atoms with Gasteiger partial charge < -0.3 is 19.3 Å². The fourth-order valence-electron chi connectivity index (χ4n) is 0. The molecule has 1 unspecified atom stereocenters. The van der Waals surface area contributed by atoms with Crippen LogP contribution in [0.3, 0.4) is 0 Å². The standard InChI is InChI=1S/C2H6O2.Na.H2O3S/c3-1-2-4;;1-4(2)3/h3-4H,1-2H2;;(H2,1,2,3)/q;+1;/p-1. The van der Waals surface area contributed by atoms with E-state index in [1.807, 2.05) is 0 Å².